The Morgan fingerprint density at radius 2 is 1.97 bits per heavy atom. The van der Waals surface area contributed by atoms with Gasteiger partial charge in [-0.05, 0) is 55.7 Å². The predicted molar refractivity (Wildman–Crippen MR) is 119 cm³/mol. The molecular formula is C21H26FN5O2S. The van der Waals surface area contributed by atoms with Gasteiger partial charge in [0.15, 0.2) is 5.11 Å². The summed E-state index contributed by atoms with van der Waals surface area (Å²) in [5, 5.41) is 10.3. The van der Waals surface area contributed by atoms with Crippen LogP contribution in [-0.4, -0.2) is 46.8 Å². The standard InChI is InChI=1S/C21H26FN5O2S/c1-2-29-21(28)27-11-8-17(9-12-27)25-20(30)26-19-14-23-10-7-18(19)24-13-15-3-5-16(22)6-4-15/h3-7,10,14,17H,2,8-9,11-13H2,1H3,(H,23,24)(H2,25,26,30). The Balaban J connectivity index is 1.50. The third-order valence-corrected chi connectivity index (χ3v) is 5.04. The Morgan fingerprint density at radius 1 is 1.23 bits per heavy atom. The van der Waals surface area contributed by atoms with Crippen LogP contribution in [0.25, 0.3) is 0 Å². The van der Waals surface area contributed by atoms with Crippen LogP contribution in [0.1, 0.15) is 25.3 Å². The van der Waals surface area contributed by atoms with Crippen LogP contribution in [0.2, 0.25) is 0 Å². The van der Waals surface area contributed by atoms with Crippen molar-refractivity contribution in [1.82, 2.24) is 15.2 Å². The zero-order chi connectivity index (χ0) is 21.3. The maximum atomic E-state index is 13.1. The zero-order valence-corrected chi connectivity index (χ0v) is 17.7. The second kappa shape index (κ2) is 10.7. The normalized spacial score (nSPS) is 14.1. The van der Waals surface area contributed by atoms with Crippen LogP contribution < -0.4 is 16.0 Å². The average Bonchev–Trinajstić information content (AvgIpc) is 2.75. The van der Waals surface area contributed by atoms with Gasteiger partial charge in [0, 0.05) is 31.9 Å². The molecule has 0 bridgehead atoms. The maximum Gasteiger partial charge on any atom is 0.409 e. The molecule has 160 valence electrons. The fourth-order valence-electron chi connectivity index (χ4n) is 3.21. The lowest BCUT2D eigenvalue weighted by atomic mass is 10.1. The molecule has 1 aromatic carbocycles. The number of likely N-dealkylation sites (tertiary alicyclic amines) is 1. The van der Waals surface area contributed by atoms with Gasteiger partial charge in [0.2, 0.25) is 0 Å². The molecule has 1 saturated heterocycles. The summed E-state index contributed by atoms with van der Waals surface area (Å²) in [5.41, 5.74) is 2.56. The highest BCUT2D eigenvalue weighted by Gasteiger charge is 2.24. The minimum atomic E-state index is -0.260. The second-order valence-corrected chi connectivity index (χ2v) is 7.37. The van der Waals surface area contributed by atoms with Crippen LogP contribution in [0, 0.1) is 5.82 Å². The summed E-state index contributed by atoms with van der Waals surface area (Å²) in [6, 6.07) is 8.40. The van der Waals surface area contributed by atoms with E-state index >= 15 is 0 Å². The number of benzene rings is 1. The average molecular weight is 432 g/mol. The molecule has 1 aliphatic heterocycles. The Morgan fingerprint density at radius 3 is 2.67 bits per heavy atom. The van der Waals surface area contributed by atoms with E-state index in [1.54, 1.807) is 36.4 Å². The van der Waals surface area contributed by atoms with Crippen LogP contribution in [0.15, 0.2) is 42.7 Å². The fraction of sp³-hybridized carbons (Fsp3) is 0.381. The number of piperidine rings is 1. The van der Waals surface area contributed by atoms with Gasteiger partial charge in [0.1, 0.15) is 5.82 Å². The monoisotopic (exact) mass is 431 g/mol. The largest absolute Gasteiger partial charge is 0.450 e. The van der Waals surface area contributed by atoms with Crippen molar-refractivity contribution in [3.05, 3.63) is 54.1 Å². The van der Waals surface area contributed by atoms with Gasteiger partial charge in [0.05, 0.1) is 24.2 Å². The number of thiocarbonyl (C=S) groups is 1. The fourth-order valence-corrected chi connectivity index (χ4v) is 3.49. The van der Waals surface area contributed by atoms with Crippen LogP contribution in [0.3, 0.4) is 0 Å². The molecule has 0 aliphatic carbocycles. The van der Waals surface area contributed by atoms with Crippen molar-refractivity contribution >= 4 is 34.8 Å². The molecule has 2 heterocycles. The van der Waals surface area contributed by atoms with Crippen LogP contribution in [-0.2, 0) is 11.3 Å². The van der Waals surface area contributed by atoms with E-state index in [-0.39, 0.29) is 18.0 Å². The van der Waals surface area contributed by atoms with Crippen molar-refractivity contribution in [2.24, 2.45) is 0 Å². The number of rotatable bonds is 6. The number of anilines is 2. The molecule has 1 amide bonds. The van der Waals surface area contributed by atoms with Crippen LogP contribution in [0.4, 0.5) is 20.6 Å². The number of carbonyl (C=O) groups is 1. The number of amides is 1. The first-order valence-corrected chi connectivity index (χ1v) is 10.4. The quantitative estimate of drug-likeness (QED) is 0.602. The molecular weight excluding hydrogens is 405 g/mol. The molecule has 1 fully saturated rings. The summed E-state index contributed by atoms with van der Waals surface area (Å²) in [6.07, 6.45) is 4.72. The van der Waals surface area contributed by atoms with Gasteiger partial charge in [-0.1, -0.05) is 12.1 Å². The van der Waals surface area contributed by atoms with E-state index in [4.69, 9.17) is 17.0 Å². The summed E-state index contributed by atoms with van der Waals surface area (Å²) in [5.74, 6) is -0.255. The van der Waals surface area contributed by atoms with E-state index in [0.717, 1.165) is 29.8 Å². The number of carbonyl (C=O) groups excluding carboxylic acids is 1. The van der Waals surface area contributed by atoms with Crippen molar-refractivity contribution in [2.45, 2.75) is 32.4 Å². The van der Waals surface area contributed by atoms with E-state index < -0.39 is 0 Å². The van der Waals surface area contributed by atoms with Crippen molar-refractivity contribution in [2.75, 3.05) is 30.3 Å². The summed E-state index contributed by atoms with van der Waals surface area (Å²) in [4.78, 5) is 17.7. The number of nitrogens with zero attached hydrogens (tertiary/aromatic N) is 2. The van der Waals surface area contributed by atoms with Crippen molar-refractivity contribution in [1.29, 1.82) is 0 Å². The minimum Gasteiger partial charge on any atom is -0.450 e. The number of nitrogens with one attached hydrogen (secondary N) is 3. The number of ether oxygens (including phenoxy) is 1. The summed E-state index contributed by atoms with van der Waals surface area (Å²) < 4.78 is 18.1. The number of aromatic nitrogens is 1. The van der Waals surface area contributed by atoms with Gasteiger partial charge in [-0.15, -0.1) is 0 Å². The lowest BCUT2D eigenvalue weighted by molar-refractivity contribution is 0.0964. The smallest absolute Gasteiger partial charge is 0.409 e. The molecule has 2 aromatic rings. The molecule has 3 rings (SSSR count). The maximum absolute atomic E-state index is 13.1. The Labute approximate surface area is 181 Å². The predicted octanol–water partition coefficient (Wildman–Crippen LogP) is 3.74. The number of pyridine rings is 1. The first kappa shape index (κ1) is 21.8. The summed E-state index contributed by atoms with van der Waals surface area (Å²) in [6.45, 7) is 4.00. The molecule has 1 aromatic heterocycles. The Bertz CT molecular complexity index is 857. The lowest BCUT2D eigenvalue weighted by Crippen LogP contribution is -2.47. The van der Waals surface area contributed by atoms with Crippen LogP contribution in [0.5, 0.6) is 0 Å². The van der Waals surface area contributed by atoms with Crippen molar-refractivity contribution < 1.29 is 13.9 Å². The molecule has 0 spiro atoms. The molecule has 9 heteroatoms. The van der Waals surface area contributed by atoms with Crippen molar-refractivity contribution in [3.63, 3.8) is 0 Å². The summed E-state index contributed by atoms with van der Waals surface area (Å²) in [7, 11) is 0. The van der Waals surface area contributed by atoms with Gasteiger partial charge in [-0.25, -0.2) is 9.18 Å². The van der Waals surface area contributed by atoms with Crippen molar-refractivity contribution in [3.8, 4) is 0 Å². The highest BCUT2D eigenvalue weighted by atomic mass is 32.1. The highest BCUT2D eigenvalue weighted by molar-refractivity contribution is 7.80. The summed E-state index contributed by atoms with van der Waals surface area (Å²) >= 11 is 5.47. The SMILES string of the molecule is CCOC(=O)N1CCC(NC(=S)Nc2cnccc2NCc2ccc(F)cc2)CC1. The van der Waals surface area contributed by atoms with E-state index in [1.165, 1.54) is 12.1 Å². The highest BCUT2D eigenvalue weighted by Crippen LogP contribution is 2.21. The van der Waals surface area contributed by atoms with Gasteiger partial charge < -0.3 is 25.6 Å². The molecule has 0 saturated carbocycles. The molecule has 3 N–H and O–H groups in total. The minimum absolute atomic E-state index is 0.183. The van der Waals surface area contributed by atoms with E-state index in [9.17, 15) is 9.18 Å². The lowest BCUT2D eigenvalue weighted by Gasteiger charge is -2.32. The molecule has 7 nitrogen and oxygen atoms in total. The third kappa shape index (κ3) is 6.28. The van der Waals surface area contributed by atoms with Gasteiger partial charge in [-0.3, -0.25) is 4.98 Å². The second-order valence-electron chi connectivity index (χ2n) is 6.96. The van der Waals surface area contributed by atoms with Gasteiger partial charge >= 0.3 is 6.09 Å². The number of hydrogen-bond acceptors (Lipinski definition) is 5. The van der Waals surface area contributed by atoms with E-state index in [2.05, 4.69) is 20.9 Å². The first-order chi connectivity index (χ1) is 14.5. The Kier molecular flexibility index (Phi) is 7.78. The van der Waals surface area contributed by atoms with Crippen LogP contribution >= 0.6 is 12.2 Å². The third-order valence-electron chi connectivity index (χ3n) is 4.82. The topological polar surface area (TPSA) is 78.5 Å². The van der Waals surface area contributed by atoms with Gasteiger partial charge in [0.25, 0.3) is 0 Å². The molecule has 1 aliphatic rings. The van der Waals surface area contributed by atoms with E-state index in [0.29, 0.717) is 31.4 Å². The first-order valence-electron chi connectivity index (χ1n) is 9.96. The molecule has 30 heavy (non-hydrogen) atoms. The Hall–Kier alpha value is -2.94. The van der Waals surface area contributed by atoms with E-state index in [1.807, 2.05) is 6.07 Å². The number of halogens is 1. The molecule has 0 radical (unpaired) electrons. The zero-order valence-electron chi connectivity index (χ0n) is 16.9. The number of hydrogen-bond donors (Lipinski definition) is 3. The van der Waals surface area contributed by atoms with Gasteiger partial charge in [-0.2, -0.15) is 0 Å². The molecule has 0 unspecified atom stereocenters. The molecule has 0 atom stereocenters.